The Bertz CT molecular complexity index is 862. The Balaban J connectivity index is 2.06. The van der Waals surface area contributed by atoms with Gasteiger partial charge in [-0.15, -0.1) is 0 Å². The molecule has 0 fully saturated rings. The van der Waals surface area contributed by atoms with Gasteiger partial charge in [0.1, 0.15) is 6.04 Å². The molecule has 2 amide bonds. The minimum atomic E-state index is -1.23. The molecule has 2 aromatic rings. The highest BCUT2D eigenvalue weighted by atomic mass is 16.6. The van der Waals surface area contributed by atoms with E-state index in [4.69, 9.17) is 0 Å². The average Bonchev–Trinajstić information content (AvgIpc) is 2.61. The molecule has 0 saturated heterocycles. The fourth-order valence-electron chi connectivity index (χ4n) is 2.34. The molecule has 0 radical (unpaired) electrons. The number of nitro benzene ring substituents is 1. The molecule has 0 heterocycles. The van der Waals surface area contributed by atoms with Crippen LogP contribution in [-0.2, 0) is 16.0 Å². The number of aliphatic carboxylic acids is 1. The number of carboxylic acid groups (broad SMARTS) is 1. The van der Waals surface area contributed by atoms with Gasteiger partial charge in [-0.3, -0.25) is 19.7 Å². The first-order valence-corrected chi connectivity index (χ1v) is 7.91. The van der Waals surface area contributed by atoms with Crippen LogP contribution in [0.15, 0.2) is 48.5 Å². The van der Waals surface area contributed by atoms with E-state index in [0.29, 0.717) is 11.3 Å². The van der Waals surface area contributed by atoms with Crippen molar-refractivity contribution < 1.29 is 24.4 Å². The summed E-state index contributed by atoms with van der Waals surface area (Å²) in [6.45, 7) is 1.36. The second-order valence-electron chi connectivity index (χ2n) is 5.75. The van der Waals surface area contributed by atoms with Crippen molar-refractivity contribution in [1.29, 1.82) is 0 Å². The molecule has 0 spiro atoms. The summed E-state index contributed by atoms with van der Waals surface area (Å²) in [5, 5.41) is 25.0. The summed E-state index contributed by atoms with van der Waals surface area (Å²) < 4.78 is 0. The molecule has 1 atom stereocenters. The first-order valence-electron chi connectivity index (χ1n) is 7.91. The van der Waals surface area contributed by atoms with E-state index in [1.54, 1.807) is 0 Å². The highest BCUT2D eigenvalue weighted by Crippen LogP contribution is 2.14. The summed E-state index contributed by atoms with van der Waals surface area (Å²) in [7, 11) is 0. The predicted molar refractivity (Wildman–Crippen MR) is 96.4 cm³/mol. The van der Waals surface area contributed by atoms with Crippen molar-refractivity contribution >= 4 is 29.2 Å². The van der Waals surface area contributed by atoms with Gasteiger partial charge in [-0.05, 0) is 29.8 Å². The SMILES string of the molecule is CC(=O)Nc1ccc(C(=O)N[C@H](Cc2ccc([N+](=O)[O-])cc2)C(=O)O)cc1. The third-order valence-electron chi connectivity index (χ3n) is 3.66. The van der Waals surface area contributed by atoms with E-state index in [9.17, 15) is 29.6 Å². The number of carbonyl (C=O) groups is 3. The lowest BCUT2D eigenvalue weighted by molar-refractivity contribution is -0.384. The molecule has 2 rings (SSSR count). The van der Waals surface area contributed by atoms with E-state index < -0.39 is 22.8 Å². The van der Waals surface area contributed by atoms with Gasteiger partial charge >= 0.3 is 5.97 Å². The number of amides is 2. The van der Waals surface area contributed by atoms with Crippen LogP contribution in [-0.4, -0.2) is 33.9 Å². The number of carbonyl (C=O) groups excluding carboxylic acids is 2. The van der Waals surface area contributed by atoms with Crippen LogP contribution >= 0.6 is 0 Å². The summed E-state index contributed by atoms with van der Waals surface area (Å²) >= 11 is 0. The van der Waals surface area contributed by atoms with E-state index in [1.807, 2.05) is 0 Å². The molecular formula is C18H17N3O6. The third-order valence-corrected chi connectivity index (χ3v) is 3.66. The van der Waals surface area contributed by atoms with E-state index in [-0.39, 0.29) is 23.6 Å². The van der Waals surface area contributed by atoms with Crippen LogP contribution in [0.25, 0.3) is 0 Å². The van der Waals surface area contributed by atoms with Gasteiger partial charge in [0, 0.05) is 36.7 Å². The van der Waals surface area contributed by atoms with Gasteiger partial charge in [-0.2, -0.15) is 0 Å². The zero-order valence-corrected chi connectivity index (χ0v) is 14.3. The molecule has 3 N–H and O–H groups in total. The second kappa shape index (κ2) is 8.56. The Morgan fingerprint density at radius 2 is 1.67 bits per heavy atom. The van der Waals surface area contributed by atoms with Crippen molar-refractivity contribution in [2.24, 2.45) is 0 Å². The van der Waals surface area contributed by atoms with Gasteiger partial charge in [0.05, 0.1) is 4.92 Å². The first-order chi connectivity index (χ1) is 12.8. The molecule has 27 heavy (non-hydrogen) atoms. The Morgan fingerprint density at radius 3 is 2.15 bits per heavy atom. The van der Waals surface area contributed by atoms with Gasteiger partial charge in [0.15, 0.2) is 0 Å². The van der Waals surface area contributed by atoms with Crippen molar-refractivity contribution in [1.82, 2.24) is 5.32 Å². The van der Waals surface area contributed by atoms with Crippen molar-refractivity contribution in [2.45, 2.75) is 19.4 Å². The molecule has 0 aliphatic heterocycles. The van der Waals surface area contributed by atoms with Crippen molar-refractivity contribution in [3.05, 3.63) is 69.8 Å². The lowest BCUT2D eigenvalue weighted by atomic mass is 10.0. The monoisotopic (exact) mass is 371 g/mol. The minimum Gasteiger partial charge on any atom is -0.480 e. The van der Waals surface area contributed by atoms with Crippen LogP contribution in [0.3, 0.4) is 0 Å². The minimum absolute atomic E-state index is 0.0248. The zero-order chi connectivity index (χ0) is 20.0. The normalized spacial score (nSPS) is 11.3. The molecule has 0 unspecified atom stereocenters. The van der Waals surface area contributed by atoms with Crippen LogP contribution in [0.1, 0.15) is 22.8 Å². The van der Waals surface area contributed by atoms with Crippen LogP contribution in [0.4, 0.5) is 11.4 Å². The number of nitro groups is 1. The molecule has 9 nitrogen and oxygen atoms in total. The van der Waals surface area contributed by atoms with Gasteiger partial charge in [0.25, 0.3) is 11.6 Å². The molecule has 0 aliphatic carbocycles. The molecular weight excluding hydrogens is 354 g/mol. The standard InChI is InChI=1S/C18H17N3O6/c1-11(22)19-14-6-4-13(5-7-14)17(23)20-16(18(24)25)10-12-2-8-15(9-3-12)21(26)27/h2-9,16H,10H2,1H3,(H,19,22)(H,20,23)(H,24,25)/t16-/m1/s1. The van der Waals surface area contributed by atoms with E-state index >= 15 is 0 Å². The molecule has 140 valence electrons. The summed E-state index contributed by atoms with van der Waals surface area (Å²) in [4.78, 5) is 44.8. The predicted octanol–water partition coefficient (Wildman–Crippen LogP) is 1.98. The maximum absolute atomic E-state index is 12.3. The summed E-state index contributed by atoms with van der Waals surface area (Å²) in [5.41, 5.74) is 1.18. The molecule has 9 heteroatoms. The fraction of sp³-hybridized carbons (Fsp3) is 0.167. The van der Waals surface area contributed by atoms with E-state index in [2.05, 4.69) is 10.6 Å². The number of hydrogen-bond donors (Lipinski definition) is 3. The number of nitrogens with zero attached hydrogens (tertiary/aromatic N) is 1. The van der Waals surface area contributed by atoms with Crippen LogP contribution in [0.2, 0.25) is 0 Å². The van der Waals surface area contributed by atoms with Gasteiger partial charge in [-0.1, -0.05) is 12.1 Å². The van der Waals surface area contributed by atoms with E-state index in [1.165, 1.54) is 55.5 Å². The number of hydrogen-bond acceptors (Lipinski definition) is 5. The third kappa shape index (κ3) is 5.63. The zero-order valence-electron chi connectivity index (χ0n) is 14.3. The molecule has 0 aliphatic rings. The lowest BCUT2D eigenvalue weighted by Crippen LogP contribution is -2.42. The molecule has 0 aromatic heterocycles. The van der Waals surface area contributed by atoms with E-state index in [0.717, 1.165) is 0 Å². The Hall–Kier alpha value is -3.75. The number of rotatable bonds is 7. The first kappa shape index (κ1) is 19.6. The Labute approximate surface area is 154 Å². The van der Waals surface area contributed by atoms with Gasteiger partial charge in [-0.25, -0.2) is 4.79 Å². The summed E-state index contributed by atoms with van der Waals surface area (Å²) in [6, 6.07) is 10.2. The number of nitrogens with one attached hydrogen (secondary N) is 2. The maximum Gasteiger partial charge on any atom is 0.326 e. The maximum atomic E-state index is 12.3. The number of benzene rings is 2. The van der Waals surface area contributed by atoms with Crippen molar-refractivity contribution in [2.75, 3.05) is 5.32 Å². The van der Waals surface area contributed by atoms with Crippen molar-refractivity contribution in [3.63, 3.8) is 0 Å². The number of carboxylic acids is 1. The Morgan fingerprint density at radius 1 is 1.07 bits per heavy atom. The second-order valence-corrected chi connectivity index (χ2v) is 5.75. The average molecular weight is 371 g/mol. The fourth-order valence-corrected chi connectivity index (χ4v) is 2.34. The summed E-state index contributed by atoms with van der Waals surface area (Å²) in [6.07, 6.45) is -0.0248. The quantitative estimate of drug-likeness (QED) is 0.502. The highest BCUT2D eigenvalue weighted by Gasteiger charge is 2.21. The van der Waals surface area contributed by atoms with Crippen LogP contribution in [0, 0.1) is 10.1 Å². The Kier molecular flexibility index (Phi) is 6.21. The summed E-state index contributed by atoms with van der Waals surface area (Å²) in [5.74, 6) is -2.06. The lowest BCUT2D eigenvalue weighted by Gasteiger charge is -2.15. The smallest absolute Gasteiger partial charge is 0.326 e. The highest BCUT2D eigenvalue weighted by molar-refractivity contribution is 5.97. The molecule has 0 bridgehead atoms. The van der Waals surface area contributed by atoms with Crippen molar-refractivity contribution in [3.8, 4) is 0 Å². The largest absolute Gasteiger partial charge is 0.480 e. The van der Waals surface area contributed by atoms with Crippen LogP contribution in [0.5, 0.6) is 0 Å². The molecule has 0 saturated carbocycles. The van der Waals surface area contributed by atoms with Crippen LogP contribution < -0.4 is 10.6 Å². The van der Waals surface area contributed by atoms with Gasteiger partial charge < -0.3 is 15.7 Å². The number of anilines is 1. The number of non-ortho nitro benzene ring substituents is 1. The topological polar surface area (TPSA) is 139 Å². The van der Waals surface area contributed by atoms with Gasteiger partial charge in [0.2, 0.25) is 5.91 Å². The molecule has 2 aromatic carbocycles.